The van der Waals surface area contributed by atoms with Gasteiger partial charge < -0.3 is 4.43 Å². The summed E-state index contributed by atoms with van der Waals surface area (Å²) in [4.78, 5) is 0. The maximum absolute atomic E-state index is 13.9. The maximum Gasteiger partial charge on any atom is 0.282 e. The molecule has 1 aromatic rings. The summed E-state index contributed by atoms with van der Waals surface area (Å²) in [6, 6.07) is 9.50. The molecule has 21 heavy (non-hydrogen) atoms. The fourth-order valence-corrected chi connectivity index (χ4v) is 3.52. The first-order valence-corrected chi connectivity index (χ1v) is 10.2. The minimum atomic E-state index is -2.76. The van der Waals surface area contributed by atoms with Gasteiger partial charge in [-0.05, 0) is 29.8 Å². The first-order chi connectivity index (χ1) is 9.49. The number of benzene rings is 1. The standard InChI is InChI=1S/C17H24F2OSi/c1-15(2,3)21(4,5)20-16(13-17(16,18)19)12-11-14-9-7-6-8-10-14/h6-12H,13H2,1-5H3/b12-11+. The van der Waals surface area contributed by atoms with Crippen molar-refractivity contribution in [3.05, 3.63) is 42.0 Å². The molecule has 1 aromatic carbocycles. The molecule has 0 aromatic heterocycles. The molecular weight excluding hydrogens is 286 g/mol. The minimum absolute atomic E-state index is 0.0841. The molecule has 116 valence electrons. The van der Waals surface area contributed by atoms with Gasteiger partial charge in [-0.25, -0.2) is 8.78 Å². The van der Waals surface area contributed by atoms with Crippen molar-refractivity contribution in [3.63, 3.8) is 0 Å². The lowest BCUT2D eigenvalue weighted by Crippen LogP contribution is -2.45. The van der Waals surface area contributed by atoms with Crippen LogP contribution in [0.5, 0.6) is 0 Å². The molecule has 1 aliphatic rings. The highest BCUT2D eigenvalue weighted by atomic mass is 28.4. The summed E-state index contributed by atoms with van der Waals surface area (Å²) in [5.74, 6) is -2.76. The van der Waals surface area contributed by atoms with Crippen molar-refractivity contribution < 1.29 is 13.2 Å². The highest BCUT2D eigenvalue weighted by molar-refractivity contribution is 6.74. The molecule has 1 fully saturated rings. The highest BCUT2D eigenvalue weighted by Crippen LogP contribution is 2.59. The lowest BCUT2D eigenvalue weighted by molar-refractivity contribution is 0.0279. The van der Waals surface area contributed by atoms with Crippen LogP contribution in [0.2, 0.25) is 18.1 Å². The van der Waals surface area contributed by atoms with E-state index >= 15 is 0 Å². The van der Waals surface area contributed by atoms with Crippen molar-refractivity contribution in [1.29, 1.82) is 0 Å². The normalized spacial score (nSPS) is 25.3. The van der Waals surface area contributed by atoms with Crippen molar-refractivity contribution >= 4 is 14.4 Å². The Morgan fingerprint density at radius 3 is 2.10 bits per heavy atom. The van der Waals surface area contributed by atoms with Crippen molar-refractivity contribution in [3.8, 4) is 0 Å². The van der Waals surface area contributed by atoms with Crippen LogP contribution in [-0.2, 0) is 4.43 Å². The van der Waals surface area contributed by atoms with Gasteiger partial charge in [-0.3, -0.25) is 0 Å². The highest BCUT2D eigenvalue weighted by Gasteiger charge is 2.73. The summed E-state index contributed by atoms with van der Waals surface area (Å²) in [5.41, 5.74) is -0.496. The fourth-order valence-electron chi connectivity index (χ4n) is 2.01. The molecule has 0 saturated heterocycles. The molecule has 0 spiro atoms. The van der Waals surface area contributed by atoms with Crippen LogP contribution in [0.1, 0.15) is 32.8 Å². The molecule has 0 bridgehead atoms. The van der Waals surface area contributed by atoms with Crippen molar-refractivity contribution in [2.75, 3.05) is 0 Å². The van der Waals surface area contributed by atoms with Crippen LogP contribution >= 0.6 is 0 Å². The summed E-state index contributed by atoms with van der Waals surface area (Å²) in [7, 11) is -2.24. The van der Waals surface area contributed by atoms with Gasteiger partial charge in [0.1, 0.15) is 5.60 Å². The minimum Gasteiger partial charge on any atom is -0.402 e. The van der Waals surface area contributed by atoms with E-state index in [1.54, 1.807) is 12.2 Å². The molecule has 2 rings (SSSR count). The maximum atomic E-state index is 13.9. The predicted octanol–water partition coefficient (Wildman–Crippen LogP) is 5.50. The number of hydrogen-bond acceptors (Lipinski definition) is 1. The number of rotatable bonds is 4. The zero-order valence-corrected chi connectivity index (χ0v) is 14.4. The van der Waals surface area contributed by atoms with Gasteiger partial charge in [0, 0.05) is 0 Å². The molecule has 0 heterocycles. The molecule has 0 amide bonds. The Morgan fingerprint density at radius 1 is 1.14 bits per heavy atom. The lowest BCUT2D eigenvalue weighted by atomic mass is 10.2. The van der Waals surface area contributed by atoms with Gasteiger partial charge in [-0.15, -0.1) is 0 Å². The van der Waals surface area contributed by atoms with E-state index in [1.807, 2.05) is 43.4 Å². The van der Waals surface area contributed by atoms with Gasteiger partial charge in [-0.2, -0.15) is 0 Å². The molecular formula is C17H24F2OSi. The summed E-state index contributed by atoms with van der Waals surface area (Å²) in [5, 5.41) is -0.0841. The van der Waals surface area contributed by atoms with E-state index in [4.69, 9.17) is 4.43 Å². The molecule has 0 aliphatic heterocycles. The Labute approximate surface area is 127 Å². The average molecular weight is 310 g/mol. The Balaban J connectivity index is 2.22. The van der Waals surface area contributed by atoms with Crippen LogP contribution in [0, 0.1) is 0 Å². The molecule has 0 radical (unpaired) electrons. The number of alkyl halides is 2. The third-order valence-electron chi connectivity index (χ3n) is 4.57. The topological polar surface area (TPSA) is 9.23 Å². The van der Waals surface area contributed by atoms with Gasteiger partial charge >= 0.3 is 0 Å². The van der Waals surface area contributed by atoms with E-state index in [-0.39, 0.29) is 11.5 Å². The van der Waals surface area contributed by atoms with E-state index in [2.05, 4.69) is 20.8 Å². The fraction of sp³-hybridized carbons (Fsp3) is 0.529. The molecule has 1 atom stereocenters. The van der Waals surface area contributed by atoms with Gasteiger partial charge in [0.15, 0.2) is 8.32 Å². The third kappa shape index (κ3) is 3.27. The predicted molar refractivity (Wildman–Crippen MR) is 86.1 cm³/mol. The van der Waals surface area contributed by atoms with Crippen LogP contribution in [0.25, 0.3) is 6.08 Å². The Kier molecular flexibility index (Phi) is 3.92. The molecule has 1 saturated carbocycles. The molecule has 0 N–H and O–H groups in total. The monoisotopic (exact) mass is 310 g/mol. The quantitative estimate of drug-likeness (QED) is 0.667. The first-order valence-electron chi connectivity index (χ1n) is 7.31. The van der Waals surface area contributed by atoms with Crippen molar-refractivity contribution in [2.24, 2.45) is 0 Å². The summed E-state index contributed by atoms with van der Waals surface area (Å²) in [6.45, 7) is 10.2. The first kappa shape index (κ1) is 16.4. The van der Waals surface area contributed by atoms with Crippen molar-refractivity contribution in [2.45, 2.75) is 56.8 Å². The van der Waals surface area contributed by atoms with Gasteiger partial charge in [0.25, 0.3) is 5.92 Å². The van der Waals surface area contributed by atoms with Crippen molar-refractivity contribution in [1.82, 2.24) is 0 Å². The average Bonchev–Trinajstić information content (AvgIpc) is 2.87. The van der Waals surface area contributed by atoms with E-state index in [9.17, 15) is 8.78 Å². The SMILES string of the molecule is CC(C)(C)[Si](C)(C)OC1(/C=C/c2ccccc2)CC1(F)F. The second-order valence-corrected chi connectivity index (χ2v) is 12.1. The van der Waals surface area contributed by atoms with Gasteiger partial charge in [0.2, 0.25) is 0 Å². The Bertz CT molecular complexity index is 531. The largest absolute Gasteiger partial charge is 0.402 e. The molecule has 1 nitrogen and oxygen atoms in total. The zero-order chi connectivity index (χ0) is 15.9. The Hall–Kier alpha value is -1.00. The van der Waals surface area contributed by atoms with Crippen LogP contribution in [0.15, 0.2) is 36.4 Å². The van der Waals surface area contributed by atoms with Gasteiger partial charge in [-0.1, -0.05) is 57.2 Å². The summed E-state index contributed by atoms with van der Waals surface area (Å²) < 4.78 is 33.9. The van der Waals surface area contributed by atoms with E-state index in [0.29, 0.717) is 0 Å². The summed E-state index contributed by atoms with van der Waals surface area (Å²) >= 11 is 0. The second kappa shape index (κ2) is 5.02. The van der Waals surface area contributed by atoms with Crippen LogP contribution in [-0.4, -0.2) is 19.8 Å². The van der Waals surface area contributed by atoms with Crippen LogP contribution in [0.4, 0.5) is 8.78 Å². The smallest absolute Gasteiger partial charge is 0.282 e. The lowest BCUT2D eigenvalue weighted by Gasteiger charge is -2.38. The second-order valence-electron chi connectivity index (χ2n) is 7.38. The van der Waals surface area contributed by atoms with E-state index < -0.39 is 19.8 Å². The number of hydrogen-bond donors (Lipinski definition) is 0. The van der Waals surface area contributed by atoms with Crippen LogP contribution < -0.4 is 0 Å². The third-order valence-corrected chi connectivity index (χ3v) is 9.05. The van der Waals surface area contributed by atoms with Crippen LogP contribution in [0.3, 0.4) is 0 Å². The zero-order valence-electron chi connectivity index (χ0n) is 13.4. The van der Waals surface area contributed by atoms with E-state index in [1.165, 1.54) is 0 Å². The molecule has 1 aliphatic carbocycles. The van der Waals surface area contributed by atoms with E-state index in [0.717, 1.165) is 5.56 Å². The molecule has 1 unspecified atom stereocenters. The van der Waals surface area contributed by atoms with Gasteiger partial charge in [0.05, 0.1) is 6.42 Å². The number of halogens is 2. The molecule has 4 heteroatoms. The Morgan fingerprint density at radius 2 is 1.67 bits per heavy atom. The summed E-state index contributed by atoms with van der Waals surface area (Å²) in [6.07, 6.45) is 3.09.